The molecule has 0 aromatic heterocycles. The molecule has 5 nitrogen and oxygen atoms in total. The number of amides is 1. The smallest absolute Gasteiger partial charge is 0.253 e. The first kappa shape index (κ1) is 21.5. The van der Waals surface area contributed by atoms with Crippen LogP contribution in [0.3, 0.4) is 0 Å². The summed E-state index contributed by atoms with van der Waals surface area (Å²) in [7, 11) is 3.54. The molecule has 1 aliphatic rings. The summed E-state index contributed by atoms with van der Waals surface area (Å²) in [6.07, 6.45) is 7.33. The molecule has 2 rings (SSSR count). The third-order valence-corrected chi connectivity index (χ3v) is 3.94. The van der Waals surface area contributed by atoms with Gasteiger partial charge in [-0.3, -0.25) is 9.79 Å². The highest BCUT2D eigenvalue weighted by Gasteiger charge is 2.11. The molecule has 0 bridgehead atoms. The summed E-state index contributed by atoms with van der Waals surface area (Å²) < 4.78 is 0. The van der Waals surface area contributed by atoms with Crippen LogP contribution in [0.15, 0.2) is 41.4 Å². The lowest BCUT2D eigenvalue weighted by molar-refractivity contribution is 0.0827. The monoisotopic (exact) mass is 456 g/mol. The van der Waals surface area contributed by atoms with Crippen molar-refractivity contribution in [3.63, 3.8) is 0 Å². The SMILES string of the molecule is CCNC(=NCCc1cccc(C(=O)N(C)C)c1)NC1CC=CC1.I. The fraction of sp³-hybridized carbons (Fsp3) is 0.474. The van der Waals surface area contributed by atoms with E-state index in [0.717, 1.165) is 42.9 Å². The van der Waals surface area contributed by atoms with Crippen molar-refractivity contribution in [2.75, 3.05) is 27.2 Å². The summed E-state index contributed by atoms with van der Waals surface area (Å²) >= 11 is 0. The molecular weight excluding hydrogens is 427 g/mol. The van der Waals surface area contributed by atoms with Crippen molar-refractivity contribution in [3.05, 3.63) is 47.5 Å². The number of carbonyl (C=O) groups is 1. The van der Waals surface area contributed by atoms with E-state index in [-0.39, 0.29) is 29.9 Å². The molecule has 0 heterocycles. The number of aliphatic imine (C=N–C) groups is 1. The van der Waals surface area contributed by atoms with Crippen LogP contribution in [-0.4, -0.2) is 50.0 Å². The number of hydrogen-bond acceptors (Lipinski definition) is 2. The number of hydrogen-bond donors (Lipinski definition) is 2. The second kappa shape index (κ2) is 11.1. The molecule has 25 heavy (non-hydrogen) atoms. The highest BCUT2D eigenvalue weighted by molar-refractivity contribution is 14.0. The topological polar surface area (TPSA) is 56.7 Å². The summed E-state index contributed by atoms with van der Waals surface area (Å²) in [4.78, 5) is 18.3. The van der Waals surface area contributed by atoms with Gasteiger partial charge in [0.15, 0.2) is 5.96 Å². The maximum absolute atomic E-state index is 12.0. The Morgan fingerprint density at radius 1 is 1.28 bits per heavy atom. The minimum atomic E-state index is 0. The predicted molar refractivity (Wildman–Crippen MR) is 115 cm³/mol. The van der Waals surface area contributed by atoms with Crippen molar-refractivity contribution in [2.45, 2.75) is 32.2 Å². The third-order valence-electron chi connectivity index (χ3n) is 3.94. The van der Waals surface area contributed by atoms with E-state index in [1.165, 1.54) is 0 Å². The molecule has 0 spiro atoms. The number of nitrogens with one attached hydrogen (secondary N) is 2. The lowest BCUT2D eigenvalue weighted by Crippen LogP contribution is -2.42. The van der Waals surface area contributed by atoms with Gasteiger partial charge in [-0.15, -0.1) is 24.0 Å². The Labute approximate surface area is 168 Å². The van der Waals surface area contributed by atoms with Crippen LogP contribution >= 0.6 is 24.0 Å². The number of carbonyl (C=O) groups excluding carboxylic acids is 1. The fourth-order valence-electron chi connectivity index (χ4n) is 2.66. The highest BCUT2D eigenvalue weighted by Crippen LogP contribution is 2.10. The number of guanidine groups is 1. The molecule has 138 valence electrons. The Kier molecular flexibility index (Phi) is 9.55. The van der Waals surface area contributed by atoms with E-state index in [0.29, 0.717) is 12.6 Å². The van der Waals surface area contributed by atoms with Crippen molar-refractivity contribution >= 4 is 35.8 Å². The molecule has 0 fully saturated rings. The van der Waals surface area contributed by atoms with E-state index in [4.69, 9.17) is 0 Å². The van der Waals surface area contributed by atoms with Gasteiger partial charge >= 0.3 is 0 Å². The van der Waals surface area contributed by atoms with Crippen molar-refractivity contribution in [2.24, 2.45) is 4.99 Å². The zero-order chi connectivity index (χ0) is 17.4. The van der Waals surface area contributed by atoms with Gasteiger partial charge in [0, 0.05) is 38.8 Å². The van der Waals surface area contributed by atoms with Gasteiger partial charge in [0.1, 0.15) is 0 Å². The minimum Gasteiger partial charge on any atom is -0.357 e. The molecule has 0 saturated heterocycles. The molecule has 0 aliphatic heterocycles. The van der Waals surface area contributed by atoms with Crippen LogP contribution in [0.5, 0.6) is 0 Å². The number of rotatable bonds is 6. The summed E-state index contributed by atoms with van der Waals surface area (Å²) in [5.41, 5.74) is 1.85. The second-order valence-electron chi connectivity index (χ2n) is 6.19. The van der Waals surface area contributed by atoms with Crippen LogP contribution in [-0.2, 0) is 6.42 Å². The number of halogens is 1. The van der Waals surface area contributed by atoms with Crippen molar-refractivity contribution in [1.82, 2.24) is 15.5 Å². The minimum absolute atomic E-state index is 0. The predicted octanol–water partition coefficient (Wildman–Crippen LogP) is 2.82. The third kappa shape index (κ3) is 7.05. The molecule has 1 aliphatic carbocycles. The van der Waals surface area contributed by atoms with Crippen molar-refractivity contribution < 1.29 is 4.79 Å². The normalized spacial score (nSPS) is 14.1. The van der Waals surface area contributed by atoms with Crippen LogP contribution < -0.4 is 10.6 Å². The largest absolute Gasteiger partial charge is 0.357 e. The average Bonchev–Trinajstić information content (AvgIpc) is 3.07. The number of benzene rings is 1. The summed E-state index contributed by atoms with van der Waals surface area (Å²) in [5.74, 6) is 0.899. The quantitative estimate of drug-likeness (QED) is 0.300. The standard InChI is InChI=1S/C19H28N4O.HI/c1-4-20-19(22-17-10-5-6-11-17)21-13-12-15-8-7-9-16(14-15)18(24)23(2)3;/h5-9,14,17H,4,10-13H2,1-3H3,(H2,20,21,22);1H. The molecule has 2 N–H and O–H groups in total. The van der Waals surface area contributed by atoms with Gasteiger partial charge in [0.25, 0.3) is 5.91 Å². The lowest BCUT2D eigenvalue weighted by Gasteiger charge is -2.16. The van der Waals surface area contributed by atoms with Gasteiger partial charge in [-0.1, -0.05) is 24.3 Å². The van der Waals surface area contributed by atoms with Crippen molar-refractivity contribution in [3.8, 4) is 0 Å². The van der Waals surface area contributed by atoms with Crippen LogP contribution in [0.2, 0.25) is 0 Å². The van der Waals surface area contributed by atoms with E-state index < -0.39 is 0 Å². The van der Waals surface area contributed by atoms with Gasteiger partial charge in [0.2, 0.25) is 0 Å². The highest BCUT2D eigenvalue weighted by atomic mass is 127. The summed E-state index contributed by atoms with van der Waals surface area (Å²) in [5, 5.41) is 6.75. The van der Waals surface area contributed by atoms with E-state index in [1.54, 1.807) is 19.0 Å². The Morgan fingerprint density at radius 2 is 2.00 bits per heavy atom. The average molecular weight is 456 g/mol. The van der Waals surface area contributed by atoms with Crippen LogP contribution in [0.1, 0.15) is 35.7 Å². The maximum atomic E-state index is 12.0. The first-order chi connectivity index (χ1) is 11.6. The zero-order valence-corrected chi connectivity index (χ0v) is 17.6. The van der Waals surface area contributed by atoms with Gasteiger partial charge in [0.05, 0.1) is 0 Å². The fourth-order valence-corrected chi connectivity index (χ4v) is 2.66. The van der Waals surface area contributed by atoms with E-state index in [2.05, 4.69) is 34.7 Å². The molecule has 6 heteroatoms. The second-order valence-corrected chi connectivity index (χ2v) is 6.19. The van der Waals surface area contributed by atoms with Gasteiger partial charge in [-0.2, -0.15) is 0 Å². The maximum Gasteiger partial charge on any atom is 0.253 e. The molecule has 1 aromatic rings. The Morgan fingerprint density at radius 3 is 2.64 bits per heavy atom. The van der Waals surface area contributed by atoms with E-state index in [9.17, 15) is 4.79 Å². The first-order valence-electron chi connectivity index (χ1n) is 8.60. The van der Waals surface area contributed by atoms with Crippen molar-refractivity contribution in [1.29, 1.82) is 0 Å². The summed E-state index contributed by atoms with van der Waals surface area (Å²) in [6, 6.07) is 8.24. The summed E-state index contributed by atoms with van der Waals surface area (Å²) in [6.45, 7) is 3.61. The molecule has 0 saturated carbocycles. The van der Waals surface area contributed by atoms with Gasteiger partial charge < -0.3 is 15.5 Å². The lowest BCUT2D eigenvalue weighted by atomic mass is 10.1. The van der Waals surface area contributed by atoms with E-state index in [1.807, 2.05) is 24.3 Å². The van der Waals surface area contributed by atoms with E-state index >= 15 is 0 Å². The molecule has 0 radical (unpaired) electrons. The Bertz CT molecular complexity index is 605. The Hall–Kier alpha value is -1.57. The number of nitrogens with zero attached hydrogens (tertiary/aromatic N) is 2. The van der Waals surface area contributed by atoms with Crippen LogP contribution in [0, 0.1) is 0 Å². The Balaban J connectivity index is 0.00000312. The van der Waals surface area contributed by atoms with Gasteiger partial charge in [-0.25, -0.2) is 0 Å². The molecule has 1 amide bonds. The molecule has 0 unspecified atom stereocenters. The van der Waals surface area contributed by atoms with Crippen LogP contribution in [0.4, 0.5) is 0 Å². The molecule has 1 aromatic carbocycles. The van der Waals surface area contributed by atoms with Crippen LogP contribution in [0.25, 0.3) is 0 Å². The zero-order valence-electron chi connectivity index (χ0n) is 15.3. The van der Waals surface area contributed by atoms with Gasteiger partial charge in [-0.05, 0) is 43.9 Å². The molecular formula is C19H29IN4O. The first-order valence-corrected chi connectivity index (χ1v) is 8.60. The molecule has 0 atom stereocenters.